The molecule has 64 valence electrons. The molecule has 0 heterocycles. The van der Waals surface area contributed by atoms with Crippen molar-refractivity contribution in [3.05, 3.63) is 0 Å². The molecular formula is C6H12N2O3. The minimum Gasteiger partial charge on any atom is -0.480 e. The van der Waals surface area contributed by atoms with Gasteiger partial charge in [0.15, 0.2) is 0 Å². The van der Waals surface area contributed by atoms with Crippen molar-refractivity contribution in [3.8, 4) is 0 Å². The van der Waals surface area contributed by atoms with Gasteiger partial charge in [0.25, 0.3) is 0 Å². The van der Waals surface area contributed by atoms with Crippen molar-refractivity contribution >= 4 is 11.9 Å². The first-order valence-corrected chi connectivity index (χ1v) is 3.28. The number of hydrogen-bond donors (Lipinski definition) is 3. The van der Waals surface area contributed by atoms with Gasteiger partial charge in [-0.05, 0) is 13.0 Å². The van der Waals surface area contributed by atoms with Gasteiger partial charge in [-0.2, -0.15) is 0 Å². The number of rotatable bonds is 4. The van der Waals surface area contributed by atoms with Crippen LogP contribution in [0.2, 0.25) is 0 Å². The number of amides is 1. The third-order valence-electron chi connectivity index (χ3n) is 1.13. The third-order valence-corrected chi connectivity index (χ3v) is 1.13. The van der Waals surface area contributed by atoms with Crippen LogP contribution in [0.3, 0.4) is 0 Å². The first kappa shape index (κ1) is 9.90. The third kappa shape index (κ3) is 4.32. The maximum absolute atomic E-state index is 10.4. The summed E-state index contributed by atoms with van der Waals surface area (Å²) in [5, 5.41) is 10.7. The fourth-order valence-electron chi connectivity index (χ4n) is 0.669. The highest BCUT2D eigenvalue weighted by atomic mass is 16.4. The summed E-state index contributed by atoms with van der Waals surface area (Å²) >= 11 is 0. The highest BCUT2D eigenvalue weighted by Crippen LogP contribution is 1.89. The summed E-state index contributed by atoms with van der Waals surface area (Å²) in [6, 6.07) is -0.850. The number of carbonyl (C=O) groups is 2. The molecule has 1 amide bonds. The molecule has 11 heavy (non-hydrogen) atoms. The van der Waals surface area contributed by atoms with E-state index in [4.69, 9.17) is 10.8 Å². The predicted octanol–water partition coefficient (Wildman–Crippen LogP) is -1.08. The van der Waals surface area contributed by atoms with Gasteiger partial charge >= 0.3 is 5.97 Å². The first-order valence-electron chi connectivity index (χ1n) is 3.28. The molecule has 0 aliphatic rings. The molecular weight excluding hydrogens is 148 g/mol. The molecule has 0 rings (SSSR count). The van der Waals surface area contributed by atoms with Crippen LogP contribution in [0.4, 0.5) is 0 Å². The second-order valence-electron chi connectivity index (χ2n) is 2.17. The van der Waals surface area contributed by atoms with Crippen molar-refractivity contribution in [2.45, 2.75) is 19.4 Å². The Kier molecular flexibility index (Phi) is 4.21. The smallest absolute Gasteiger partial charge is 0.326 e. The van der Waals surface area contributed by atoms with E-state index in [1.54, 1.807) is 0 Å². The molecule has 5 nitrogen and oxygen atoms in total. The van der Waals surface area contributed by atoms with Gasteiger partial charge in [-0.3, -0.25) is 4.79 Å². The highest BCUT2D eigenvalue weighted by Gasteiger charge is 2.16. The molecule has 0 fully saturated rings. The zero-order valence-corrected chi connectivity index (χ0v) is 6.33. The van der Waals surface area contributed by atoms with E-state index in [1.165, 1.54) is 6.92 Å². The normalized spacial score (nSPS) is 12.2. The van der Waals surface area contributed by atoms with Crippen LogP contribution in [-0.2, 0) is 9.59 Å². The highest BCUT2D eigenvalue weighted by molar-refractivity contribution is 5.81. The number of nitrogens with two attached hydrogens (primary N) is 1. The van der Waals surface area contributed by atoms with Crippen LogP contribution in [-0.4, -0.2) is 29.6 Å². The number of hydrogen-bond acceptors (Lipinski definition) is 3. The van der Waals surface area contributed by atoms with Gasteiger partial charge in [0.2, 0.25) is 5.91 Å². The summed E-state index contributed by atoms with van der Waals surface area (Å²) in [6.45, 7) is 1.52. The summed E-state index contributed by atoms with van der Waals surface area (Å²) < 4.78 is 0. The molecule has 4 N–H and O–H groups in total. The van der Waals surface area contributed by atoms with Crippen LogP contribution in [0.15, 0.2) is 0 Å². The summed E-state index contributed by atoms with van der Waals surface area (Å²) in [5.41, 5.74) is 5.13. The molecule has 0 aromatic rings. The van der Waals surface area contributed by atoms with Gasteiger partial charge in [0.05, 0.1) is 0 Å². The second-order valence-corrected chi connectivity index (χ2v) is 2.17. The summed E-state index contributed by atoms with van der Waals surface area (Å²) in [4.78, 5) is 20.8. The predicted molar refractivity (Wildman–Crippen MR) is 38.9 cm³/mol. The average molecular weight is 160 g/mol. The number of aliphatic carboxylic acids is 1. The Morgan fingerprint density at radius 1 is 1.64 bits per heavy atom. The van der Waals surface area contributed by atoms with Crippen LogP contribution in [0, 0.1) is 0 Å². The van der Waals surface area contributed by atoms with Gasteiger partial charge in [-0.1, -0.05) is 0 Å². The van der Waals surface area contributed by atoms with E-state index in [9.17, 15) is 9.59 Å². The number of carboxylic acids is 1. The van der Waals surface area contributed by atoms with Gasteiger partial charge < -0.3 is 16.2 Å². The number of carboxylic acid groups (broad SMARTS) is 1. The van der Waals surface area contributed by atoms with E-state index in [1.807, 2.05) is 0 Å². The van der Waals surface area contributed by atoms with Gasteiger partial charge in [-0.25, -0.2) is 4.79 Å². The Morgan fingerprint density at radius 2 is 2.18 bits per heavy atom. The molecule has 0 saturated heterocycles. The Labute approximate surface area is 64.6 Å². The zero-order chi connectivity index (χ0) is 8.85. The van der Waals surface area contributed by atoms with Crippen molar-refractivity contribution in [1.29, 1.82) is 0 Å². The van der Waals surface area contributed by atoms with E-state index >= 15 is 0 Å². The minimum absolute atomic E-state index is 0.247. The zero-order valence-electron chi connectivity index (χ0n) is 6.33. The summed E-state index contributed by atoms with van der Waals surface area (Å²) in [7, 11) is 0. The lowest BCUT2D eigenvalue weighted by atomic mass is 10.2. The van der Waals surface area contributed by atoms with Crippen molar-refractivity contribution in [2.24, 2.45) is 5.73 Å². The van der Waals surface area contributed by atoms with Crippen molar-refractivity contribution in [2.75, 3.05) is 6.54 Å². The Morgan fingerprint density at radius 3 is 2.45 bits per heavy atom. The first-order chi connectivity index (χ1) is 5.07. The van der Waals surface area contributed by atoms with Crippen molar-refractivity contribution in [1.82, 2.24) is 5.32 Å². The van der Waals surface area contributed by atoms with E-state index < -0.39 is 12.0 Å². The van der Waals surface area contributed by atoms with Crippen LogP contribution in [0.25, 0.3) is 0 Å². The molecule has 1 atom stereocenters. The molecule has 0 unspecified atom stereocenters. The van der Waals surface area contributed by atoms with Crippen LogP contribution < -0.4 is 11.1 Å². The van der Waals surface area contributed by atoms with Crippen LogP contribution in [0.5, 0.6) is 0 Å². The fraction of sp³-hybridized carbons (Fsp3) is 0.667. The van der Waals surface area contributed by atoms with Crippen LogP contribution in [0.1, 0.15) is 13.3 Å². The fourth-order valence-corrected chi connectivity index (χ4v) is 0.669. The van der Waals surface area contributed by atoms with Gasteiger partial charge in [0.1, 0.15) is 6.04 Å². The van der Waals surface area contributed by atoms with Gasteiger partial charge in [0, 0.05) is 6.92 Å². The monoisotopic (exact) mass is 160 g/mol. The molecule has 0 bridgehead atoms. The molecule has 0 aliphatic carbocycles. The van der Waals surface area contributed by atoms with Crippen molar-refractivity contribution < 1.29 is 14.7 Å². The molecule has 0 radical (unpaired) electrons. The minimum atomic E-state index is -1.05. The standard InChI is InChI=1S/C6H12N2O3/c1-4(9)8-5(2-3-7)6(10)11/h5H,2-3,7H2,1H3,(H,8,9)(H,10,11)/t5-/m0/s1. The molecule has 0 saturated carbocycles. The molecule has 0 aromatic heterocycles. The molecule has 0 aliphatic heterocycles. The Bertz CT molecular complexity index is 158. The maximum Gasteiger partial charge on any atom is 0.326 e. The van der Waals surface area contributed by atoms with Crippen molar-refractivity contribution in [3.63, 3.8) is 0 Å². The summed E-state index contributed by atoms with van der Waals surface area (Å²) in [6.07, 6.45) is 0.259. The number of nitrogens with one attached hydrogen (secondary N) is 1. The average Bonchev–Trinajstić information content (AvgIpc) is 1.86. The SMILES string of the molecule is CC(=O)N[C@@H](CCN)C(=O)O. The van der Waals surface area contributed by atoms with E-state index in [2.05, 4.69) is 5.32 Å². The lowest BCUT2D eigenvalue weighted by Crippen LogP contribution is -2.40. The van der Waals surface area contributed by atoms with Gasteiger partial charge in [-0.15, -0.1) is 0 Å². The largest absolute Gasteiger partial charge is 0.480 e. The second kappa shape index (κ2) is 4.68. The molecule has 0 aromatic carbocycles. The maximum atomic E-state index is 10.4. The number of carbonyl (C=O) groups excluding carboxylic acids is 1. The molecule has 0 spiro atoms. The van der Waals surface area contributed by atoms with E-state index in [-0.39, 0.29) is 18.9 Å². The van der Waals surface area contributed by atoms with E-state index in [0.29, 0.717) is 0 Å². The van der Waals surface area contributed by atoms with E-state index in [0.717, 1.165) is 0 Å². The Hall–Kier alpha value is -1.10. The molecule has 5 heteroatoms. The topological polar surface area (TPSA) is 92.4 Å². The lowest BCUT2D eigenvalue weighted by molar-refractivity contribution is -0.141. The lowest BCUT2D eigenvalue weighted by Gasteiger charge is -2.10. The summed E-state index contributed by atoms with van der Waals surface area (Å²) in [5.74, 6) is -1.41. The quantitative estimate of drug-likeness (QED) is 0.488. The Balaban J connectivity index is 3.89. The van der Waals surface area contributed by atoms with Crippen LogP contribution >= 0.6 is 0 Å².